The molecule has 0 aromatic rings. The number of rotatable bonds is 1. The molecule has 16 heavy (non-hydrogen) atoms. The van der Waals surface area contributed by atoms with Gasteiger partial charge in [0.2, 0.25) is 0 Å². The molecule has 2 aliphatic carbocycles. The average Bonchev–Trinajstić information content (AvgIpc) is 2.79. The Kier molecular flexibility index (Phi) is 1.38. The summed E-state index contributed by atoms with van der Waals surface area (Å²) in [5, 5.41) is 3.01. The average molecular weight is 226 g/mol. The van der Waals surface area contributed by atoms with Crippen molar-refractivity contribution in [1.29, 1.82) is 0 Å². The molecule has 0 saturated heterocycles. The van der Waals surface area contributed by atoms with E-state index < -0.39 is 8.07 Å². The van der Waals surface area contributed by atoms with E-state index in [1.54, 1.807) is 5.20 Å². The maximum absolute atomic E-state index is 5.97. The fourth-order valence-electron chi connectivity index (χ4n) is 3.12. The third-order valence-electron chi connectivity index (χ3n) is 4.10. The minimum atomic E-state index is -1.20. The van der Waals surface area contributed by atoms with Crippen molar-refractivity contribution in [2.24, 2.45) is 5.92 Å². The number of hydrogen-bond acceptors (Lipinski definition) is 1. The molecule has 0 amide bonds. The lowest BCUT2D eigenvalue weighted by atomic mass is 9.94. The van der Waals surface area contributed by atoms with Gasteiger partial charge >= 0.3 is 0 Å². The zero-order valence-corrected chi connectivity index (χ0v) is 10.6. The lowest BCUT2D eigenvalue weighted by Gasteiger charge is -2.20. The standard InChI is InChI=1S/C14H14OSi/c1-16(2)13-12-10(9-5-3-4-6-9)7-8-11(12)15-14(13)16/h3-5,7-8,12H,6H2,1-2H3. The first-order valence-corrected chi connectivity index (χ1v) is 8.90. The molecule has 4 rings (SSSR count). The Bertz CT molecular complexity index is 555. The van der Waals surface area contributed by atoms with Crippen molar-refractivity contribution in [2.75, 3.05) is 0 Å². The fraction of sp³-hybridized carbons (Fsp3) is 0.286. The lowest BCUT2D eigenvalue weighted by Crippen LogP contribution is -2.21. The van der Waals surface area contributed by atoms with Gasteiger partial charge in [-0.3, -0.25) is 0 Å². The van der Waals surface area contributed by atoms with Gasteiger partial charge in [-0.2, -0.15) is 0 Å². The number of ether oxygens (including phenoxy) is 1. The summed E-state index contributed by atoms with van der Waals surface area (Å²) < 4.78 is 5.97. The third kappa shape index (κ3) is 0.873. The predicted molar refractivity (Wildman–Crippen MR) is 67.1 cm³/mol. The van der Waals surface area contributed by atoms with Crippen LogP contribution in [0.5, 0.6) is 0 Å². The molecule has 0 aromatic heterocycles. The quantitative estimate of drug-likeness (QED) is 0.623. The summed E-state index contributed by atoms with van der Waals surface area (Å²) in [7, 11) is -1.20. The van der Waals surface area contributed by atoms with Crippen molar-refractivity contribution in [3.8, 4) is 0 Å². The zero-order chi connectivity index (χ0) is 10.9. The van der Waals surface area contributed by atoms with Crippen LogP contribution in [-0.4, -0.2) is 8.07 Å². The molecule has 2 aliphatic heterocycles. The highest BCUT2D eigenvalue weighted by Crippen LogP contribution is 2.60. The van der Waals surface area contributed by atoms with Crippen LogP contribution in [0.2, 0.25) is 13.1 Å². The summed E-state index contributed by atoms with van der Waals surface area (Å²) in [5.74, 6) is 1.68. The van der Waals surface area contributed by atoms with Gasteiger partial charge in [-0.1, -0.05) is 37.4 Å². The molecule has 2 heteroatoms. The molecule has 1 unspecified atom stereocenters. The predicted octanol–water partition coefficient (Wildman–Crippen LogP) is 3.40. The second kappa shape index (κ2) is 2.51. The van der Waals surface area contributed by atoms with Crippen LogP contribution >= 0.6 is 0 Å². The Hall–Kier alpha value is -1.28. The van der Waals surface area contributed by atoms with Crippen molar-refractivity contribution >= 4 is 8.07 Å². The first-order chi connectivity index (χ1) is 7.69. The monoisotopic (exact) mass is 226 g/mol. The van der Waals surface area contributed by atoms with Gasteiger partial charge in [-0.25, -0.2) is 0 Å². The van der Waals surface area contributed by atoms with Crippen molar-refractivity contribution in [1.82, 2.24) is 0 Å². The molecule has 0 N–H and O–H groups in total. The van der Waals surface area contributed by atoms with Gasteiger partial charge in [0.15, 0.2) is 8.07 Å². The Balaban J connectivity index is 1.72. The molecular formula is C14H14OSi. The molecule has 0 saturated carbocycles. The molecule has 0 fully saturated rings. The van der Waals surface area contributed by atoms with E-state index in [0.29, 0.717) is 5.92 Å². The first-order valence-electron chi connectivity index (χ1n) is 5.90. The van der Waals surface area contributed by atoms with Gasteiger partial charge in [0.25, 0.3) is 0 Å². The van der Waals surface area contributed by atoms with Crippen molar-refractivity contribution in [3.05, 3.63) is 57.9 Å². The molecule has 0 bridgehead atoms. The normalized spacial score (nSPS) is 31.9. The van der Waals surface area contributed by atoms with E-state index in [9.17, 15) is 0 Å². The van der Waals surface area contributed by atoms with Gasteiger partial charge in [-0.15, -0.1) is 0 Å². The highest BCUT2D eigenvalue weighted by atomic mass is 28.3. The van der Waals surface area contributed by atoms with E-state index in [1.165, 1.54) is 22.3 Å². The molecule has 0 aromatic carbocycles. The van der Waals surface area contributed by atoms with Gasteiger partial charge < -0.3 is 4.74 Å². The second-order valence-electron chi connectivity index (χ2n) is 5.42. The van der Waals surface area contributed by atoms with Crippen LogP contribution < -0.4 is 0 Å². The van der Waals surface area contributed by atoms with E-state index in [0.717, 1.165) is 6.42 Å². The molecular weight excluding hydrogens is 212 g/mol. The summed E-state index contributed by atoms with van der Waals surface area (Å²) in [5.41, 5.74) is 2.97. The molecule has 0 radical (unpaired) electrons. The molecule has 2 heterocycles. The van der Waals surface area contributed by atoms with Crippen LogP contribution in [0.15, 0.2) is 57.9 Å². The van der Waals surface area contributed by atoms with Gasteiger partial charge in [0.05, 0.1) is 11.3 Å². The van der Waals surface area contributed by atoms with Crippen LogP contribution in [0.25, 0.3) is 0 Å². The van der Waals surface area contributed by atoms with Crippen LogP contribution in [0, 0.1) is 5.92 Å². The SMILES string of the molecule is C[Si]1(C)C2=C1C1C(=CC=C1C1=CC=CC1)O2. The van der Waals surface area contributed by atoms with E-state index in [2.05, 4.69) is 43.5 Å². The van der Waals surface area contributed by atoms with Crippen LogP contribution in [0.4, 0.5) is 0 Å². The van der Waals surface area contributed by atoms with Crippen molar-refractivity contribution < 1.29 is 4.74 Å². The molecule has 1 atom stereocenters. The summed E-state index contributed by atoms with van der Waals surface area (Å²) in [6, 6.07) is 0. The highest BCUT2D eigenvalue weighted by molar-refractivity contribution is 7.00. The maximum atomic E-state index is 5.97. The smallest absolute Gasteiger partial charge is 0.156 e. The minimum absolute atomic E-state index is 0.503. The maximum Gasteiger partial charge on any atom is 0.156 e. The van der Waals surface area contributed by atoms with Crippen LogP contribution in [0.1, 0.15) is 6.42 Å². The van der Waals surface area contributed by atoms with Gasteiger partial charge in [0, 0.05) is 0 Å². The fourth-order valence-corrected chi connectivity index (χ4v) is 6.38. The van der Waals surface area contributed by atoms with E-state index >= 15 is 0 Å². The number of fused-ring (bicyclic) bond motifs is 2. The van der Waals surface area contributed by atoms with E-state index in [1.807, 2.05) is 0 Å². The first kappa shape index (κ1) is 8.82. The number of hydrogen-bond donors (Lipinski definition) is 0. The number of allylic oxidation sites excluding steroid dienone is 7. The zero-order valence-electron chi connectivity index (χ0n) is 9.58. The Morgan fingerprint density at radius 2 is 2.12 bits per heavy atom. The highest BCUT2D eigenvalue weighted by Gasteiger charge is 2.60. The second-order valence-corrected chi connectivity index (χ2v) is 9.66. The van der Waals surface area contributed by atoms with E-state index in [-0.39, 0.29) is 0 Å². The largest absolute Gasteiger partial charge is 0.470 e. The third-order valence-corrected chi connectivity index (χ3v) is 7.22. The van der Waals surface area contributed by atoms with E-state index in [4.69, 9.17) is 4.74 Å². The van der Waals surface area contributed by atoms with Gasteiger partial charge in [0.1, 0.15) is 5.76 Å². The Labute approximate surface area is 96.5 Å². The Morgan fingerprint density at radius 1 is 1.25 bits per heavy atom. The van der Waals surface area contributed by atoms with Crippen LogP contribution in [0.3, 0.4) is 0 Å². The van der Waals surface area contributed by atoms with Crippen molar-refractivity contribution in [3.63, 3.8) is 0 Å². The summed E-state index contributed by atoms with van der Waals surface area (Å²) >= 11 is 0. The van der Waals surface area contributed by atoms with Gasteiger partial charge in [-0.05, 0) is 28.8 Å². The molecule has 1 nitrogen and oxygen atoms in total. The summed E-state index contributed by atoms with van der Waals surface area (Å²) in [4.78, 5) is 0. The lowest BCUT2D eigenvalue weighted by molar-refractivity contribution is 0.336. The minimum Gasteiger partial charge on any atom is -0.470 e. The molecule has 80 valence electrons. The molecule has 0 spiro atoms. The van der Waals surface area contributed by atoms with Crippen molar-refractivity contribution in [2.45, 2.75) is 19.5 Å². The summed E-state index contributed by atoms with van der Waals surface area (Å²) in [6.07, 6.45) is 12.1. The molecule has 4 aliphatic rings. The topological polar surface area (TPSA) is 9.23 Å². The summed E-state index contributed by atoms with van der Waals surface area (Å²) in [6.45, 7) is 4.79. The van der Waals surface area contributed by atoms with Crippen LogP contribution in [-0.2, 0) is 4.74 Å². The Morgan fingerprint density at radius 3 is 2.88 bits per heavy atom.